The summed E-state index contributed by atoms with van der Waals surface area (Å²) in [7, 11) is 0. The Morgan fingerprint density at radius 2 is 2.15 bits per heavy atom. The van der Waals surface area contributed by atoms with E-state index in [0.717, 1.165) is 54.6 Å². The first-order valence-corrected chi connectivity index (χ1v) is 10.2. The minimum atomic E-state index is 0.0162. The fourth-order valence-electron chi connectivity index (χ4n) is 3.67. The molecule has 1 atom stereocenters. The number of thiazole rings is 1. The number of hydrogen-bond donors (Lipinski definition) is 0. The van der Waals surface area contributed by atoms with E-state index < -0.39 is 0 Å². The fourth-order valence-corrected chi connectivity index (χ4v) is 4.52. The molecular formula is C19H24N4O2S. The Hall–Kier alpha value is -2.15. The van der Waals surface area contributed by atoms with E-state index in [1.165, 1.54) is 24.2 Å². The van der Waals surface area contributed by atoms with E-state index in [0.29, 0.717) is 6.54 Å². The first kappa shape index (κ1) is 17.3. The monoisotopic (exact) mass is 372 g/mol. The highest BCUT2D eigenvalue weighted by Gasteiger charge is 2.31. The van der Waals surface area contributed by atoms with Crippen LogP contribution in [-0.2, 0) is 6.42 Å². The van der Waals surface area contributed by atoms with Crippen LogP contribution in [-0.4, -0.2) is 53.1 Å². The van der Waals surface area contributed by atoms with Crippen LogP contribution in [0.15, 0.2) is 23.8 Å². The largest absolute Gasteiger partial charge is 0.485 e. The number of hydrogen-bond acceptors (Lipinski definition) is 6. The standard InChI is InChI=1S/C19H24N4O2S/c1-2-15-17(26-13-21-15)19(24)23-11-7-14(12-23)25-16-6-5-8-20-18(16)22-9-3-4-10-22/h5-6,8,13-14H,2-4,7,9-12H2,1H3. The van der Waals surface area contributed by atoms with Gasteiger partial charge >= 0.3 is 0 Å². The summed E-state index contributed by atoms with van der Waals surface area (Å²) in [5.41, 5.74) is 2.65. The molecule has 2 aliphatic rings. The molecule has 4 heterocycles. The normalized spacial score (nSPS) is 20.0. The molecule has 26 heavy (non-hydrogen) atoms. The van der Waals surface area contributed by atoms with Crippen LogP contribution in [0.5, 0.6) is 5.75 Å². The van der Waals surface area contributed by atoms with Gasteiger partial charge in [0.25, 0.3) is 5.91 Å². The van der Waals surface area contributed by atoms with Gasteiger partial charge in [0.15, 0.2) is 11.6 Å². The average Bonchev–Trinajstić information content (AvgIpc) is 3.42. The van der Waals surface area contributed by atoms with Crippen molar-refractivity contribution in [1.29, 1.82) is 0 Å². The summed E-state index contributed by atoms with van der Waals surface area (Å²) in [6.07, 6.45) is 5.88. The molecule has 2 aromatic heterocycles. The summed E-state index contributed by atoms with van der Waals surface area (Å²) in [5, 5.41) is 0. The number of nitrogens with zero attached hydrogens (tertiary/aromatic N) is 4. The number of ether oxygens (including phenoxy) is 1. The Labute approximate surface area is 157 Å². The summed E-state index contributed by atoms with van der Waals surface area (Å²) in [5.74, 6) is 1.85. The van der Waals surface area contributed by atoms with Crippen molar-refractivity contribution in [3.63, 3.8) is 0 Å². The van der Waals surface area contributed by atoms with Crippen LogP contribution in [0.4, 0.5) is 5.82 Å². The molecule has 2 aromatic rings. The van der Waals surface area contributed by atoms with E-state index in [1.807, 2.05) is 30.2 Å². The van der Waals surface area contributed by atoms with Gasteiger partial charge in [-0.15, -0.1) is 11.3 Å². The van der Waals surface area contributed by atoms with Crippen LogP contribution in [0.1, 0.15) is 41.6 Å². The number of aryl methyl sites for hydroxylation is 1. The highest BCUT2D eigenvalue weighted by atomic mass is 32.1. The summed E-state index contributed by atoms with van der Waals surface area (Å²) in [6.45, 7) is 5.45. The molecule has 0 spiro atoms. The van der Waals surface area contributed by atoms with Crippen molar-refractivity contribution in [2.45, 2.75) is 38.7 Å². The van der Waals surface area contributed by atoms with Crippen molar-refractivity contribution >= 4 is 23.1 Å². The van der Waals surface area contributed by atoms with Gasteiger partial charge in [0, 0.05) is 32.3 Å². The topological polar surface area (TPSA) is 58.6 Å². The van der Waals surface area contributed by atoms with Crippen LogP contribution in [0, 0.1) is 0 Å². The zero-order valence-corrected chi connectivity index (χ0v) is 15.9. The zero-order valence-electron chi connectivity index (χ0n) is 15.1. The van der Waals surface area contributed by atoms with Crippen molar-refractivity contribution in [2.75, 3.05) is 31.1 Å². The number of carbonyl (C=O) groups is 1. The lowest BCUT2D eigenvalue weighted by Gasteiger charge is -2.22. The Kier molecular flexibility index (Phi) is 5.06. The third-order valence-electron chi connectivity index (χ3n) is 5.05. The maximum atomic E-state index is 12.8. The predicted molar refractivity (Wildman–Crippen MR) is 102 cm³/mol. The molecule has 2 fully saturated rings. The Morgan fingerprint density at radius 1 is 1.31 bits per heavy atom. The molecule has 2 aliphatic heterocycles. The van der Waals surface area contributed by atoms with Gasteiger partial charge in [0.1, 0.15) is 11.0 Å². The maximum absolute atomic E-state index is 12.8. The van der Waals surface area contributed by atoms with E-state index >= 15 is 0 Å². The van der Waals surface area contributed by atoms with Crippen LogP contribution in [0.2, 0.25) is 0 Å². The quantitative estimate of drug-likeness (QED) is 0.808. The third-order valence-corrected chi connectivity index (χ3v) is 5.91. The second kappa shape index (κ2) is 7.61. The molecular weight excluding hydrogens is 348 g/mol. The van der Waals surface area contributed by atoms with Crippen LogP contribution in [0.25, 0.3) is 0 Å². The number of anilines is 1. The van der Waals surface area contributed by atoms with E-state index in [1.54, 1.807) is 5.51 Å². The molecule has 2 saturated heterocycles. The van der Waals surface area contributed by atoms with Gasteiger partial charge in [-0.3, -0.25) is 4.79 Å². The van der Waals surface area contributed by atoms with E-state index in [-0.39, 0.29) is 12.0 Å². The highest BCUT2D eigenvalue weighted by molar-refractivity contribution is 7.11. The van der Waals surface area contributed by atoms with Gasteiger partial charge in [-0.2, -0.15) is 0 Å². The molecule has 7 heteroatoms. The summed E-state index contributed by atoms with van der Waals surface area (Å²) >= 11 is 1.43. The molecule has 1 amide bonds. The number of amides is 1. The minimum absolute atomic E-state index is 0.0162. The smallest absolute Gasteiger partial charge is 0.265 e. The molecule has 4 rings (SSSR count). The van der Waals surface area contributed by atoms with Crippen LogP contribution < -0.4 is 9.64 Å². The lowest BCUT2D eigenvalue weighted by atomic mass is 10.3. The van der Waals surface area contributed by atoms with Gasteiger partial charge in [0.05, 0.1) is 17.7 Å². The Morgan fingerprint density at radius 3 is 2.96 bits per heavy atom. The molecule has 0 aromatic carbocycles. The SMILES string of the molecule is CCc1ncsc1C(=O)N1CCC(Oc2cccnc2N2CCCC2)C1. The molecule has 0 radical (unpaired) electrons. The summed E-state index contributed by atoms with van der Waals surface area (Å²) < 4.78 is 6.26. The van der Waals surface area contributed by atoms with Crippen molar-refractivity contribution in [1.82, 2.24) is 14.9 Å². The zero-order chi connectivity index (χ0) is 17.9. The maximum Gasteiger partial charge on any atom is 0.265 e. The number of rotatable bonds is 5. The minimum Gasteiger partial charge on any atom is -0.485 e. The van der Waals surface area contributed by atoms with E-state index in [9.17, 15) is 4.79 Å². The number of pyridine rings is 1. The molecule has 0 N–H and O–H groups in total. The van der Waals surface area contributed by atoms with Gasteiger partial charge in [-0.05, 0) is 31.4 Å². The highest BCUT2D eigenvalue weighted by Crippen LogP contribution is 2.30. The number of carbonyl (C=O) groups excluding carboxylic acids is 1. The first-order valence-electron chi connectivity index (χ1n) is 9.34. The van der Waals surface area contributed by atoms with E-state index in [2.05, 4.69) is 14.9 Å². The van der Waals surface area contributed by atoms with Crippen molar-refractivity contribution in [2.24, 2.45) is 0 Å². The number of likely N-dealkylation sites (tertiary alicyclic amines) is 1. The van der Waals surface area contributed by atoms with Crippen molar-refractivity contribution < 1.29 is 9.53 Å². The summed E-state index contributed by atoms with van der Waals surface area (Å²) in [6, 6.07) is 3.90. The lowest BCUT2D eigenvalue weighted by molar-refractivity contribution is 0.0776. The molecule has 6 nitrogen and oxygen atoms in total. The lowest BCUT2D eigenvalue weighted by Crippen LogP contribution is -2.31. The van der Waals surface area contributed by atoms with Gasteiger partial charge in [-0.25, -0.2) is 9.97 Å². The summed E-state index contributed by atoms with van der Waals surface area (Å²) in [4.78, 5) is 26.6. The second-order valence-corrected chi connectivity index (χ2v) is 7.64. The van der Waals surface area contributed by atoms with Gasteiger partial charge < -0.3 is 14.5 Å². The van der Waals surface area contributed by atoms with Gasteiger partial charge in [-0.1, -0.05) is 6.92 Å². The van der Waals surface area contributed by atoms with Crippen LogP contribution >= 0.6 is 11.3 Å². The predicted octanol–water partition coefficient (Wildman–Crippen LogP) is 2.99. The third kappa shape index (κ3) is 3.40. The molecule has 1 unspecified atom stereocenters. The Balaban J connectivity index is 1.43. The fraction of sp³-hybridized carbons (Fsp3) is 0.526. The second-order valence-electron chi connectivity index (χ2n) is 6.78. The molecule has 0 bridgehead atoms. The Bertz CT molecular complexity index is 772. The first-order chi connectivity index (χ1) is 12.8. The molecule has 0 aliphatic carbocycles. The molecule has 138 valence electrons. The van der Waals surface area contributed by atoms with E-state index in [4.69, 9.17) is 4.74 Å². The molecule has 0 saturated carbocycles. The van der Waals surface area contributed by atoms with Crippen molar-refractivity contribution in [3.8, 4) is 5.75 Å². The average molecular weight is 372 g/mol. The van der Waals surface area contributed by atoms with Crippen molar-refractivity contribution in [3.05, 3.63) is 34.4 Å². The van der Waals surface area contributed by atoms with Gasteiger partial charge in [0.2, 0.25) is 0 Å². The number of aromatic nitrogens is 2. The van der Waals surface area contributed by atoms with Crippen LogP contribution in [0.3, 0.4) is 0 Å².